The molecule has 5 aromatic rings. The first-order valence-corrected chi connectivity index (χ1v) is 9.48. The van der Waals surface area contributed by atoms with Gasteiger partial charge in [0.15, 0.2) is 0 Å². The Hall–Kier alpha value is -3.32. The van der Waals surface area contributed by atoms with Crippen molar-refractivity contribution in [2.24, 2.45) is 0 Å². The zero-order valence-electron chi connectivity index (χ0n) is 14.3. The van der Waals surface area contributed by atoms with Gasteiger partial charge >= 0.3 is 0 Å². The predicted molar refractivity (Wildman–Crippen MR) is 104 cm³/mol. The number of aromatic nitrogens is 5. The van der Waals surface area contributed by atoms with Gasteiger partial charge in [0.05, 0.1) is 16.5 Å². The van der Waals surface area contributed by atoms with E-state index < -0.39 is 0 Å². The average molecular weight is 373 g/mol. The first-order valence-electron chi connectivity index (χ1n) is 8.60. The van der Waals surface area contributed by atoms with Gasteiger partial charge < -0.3 is 4.52 Å². The lowest BCUT2D eigenvalue weighted by molar-refractivity contribution is 0.379. The minimum atomic E-state index is 0.608. The van der Waals surface area contributed by atoms with E-state index in [0.717, 1.165) is 28.7 Å². The maximum Gasteiger partial charge on any atom is 0.227 e. The zero-order valence-corrected chi connectivity index (χ0v) is 15.1. The molecule has 3 aromatic heterocycles. The van der Waals surface area contributed by atoms with Gasteiger partial charge in [0.2, 0.25) is 11.7 Å². The van der Waals surface area contributed by atoms with E-state index in [2.05, 4.69) is 30.7 Å². The smallest absolute Gasteiger partial charge is 0.227 e. The third-order valence-corrected chi connectivity index (χ3v) is 5.23. The molecule has 2 aromatic carbocycles. The Morgan fingerprint density at radius 3 is 2.74 bits per heavy atom. The van der Waals surface area contributed by atoms with E-state index in [1.807, 2.05) is 60.5 Å². The molecule has 0 unspecified atom stereocenters. The summed E-state index contributed by atoms with van der Waals surface area (Å²) >= 11 is 1.64. The van der Waals surface area contributed by atoms with Crippen molar-refractivity contribution in [3.8, 4) is 17.1 Å². The summed E-state index contributed by atoms with van der Waals surface area (Å²) in [5, 5.41) is 4.11. The molecule has 0 spiro atoms. The molecule has 132 valence electrons. The molecule has 0 saturated carbocycles. The van der Waals surface area contributed by atoms with Crippen LogP contribution in [0, 0.1) is 0 Å². The summed E-state index contributed by atoms with van der Waals surface area (Å²) in [6.45, 7) is 0. The molecule has 3 heterocycles. The summed E-state index contributed by atoms with van der Waals surface area (Å²) in [6.07, 6.45) is 5.29. The van der Waals surface area contributed by atoms with Gasteiger partial charge in [0.25, 0.3) is 0 Å². The lowest BCUT2D eigenvalue weighted by Gasteiger charge is -2.04. The molecule has 0 N–H and O–H groups in total. The van der Waals surface area contributed by atoms with Crippen LogP contribution in [0.5, 0.6) is 0 Å². The first kappa shape index (κ1) is 15.9. The molecule has 0 saturated heterocycles. The number of nitrogens with zero attached hydrogens (tertiary/aromatic N) is 5. The first-order chi connectivity index (χ1) is 13.4. The second kappa shape index (κ2) is 6.77. The monoisotopic (exact) mass is 373 g/mol. The molecular weight excluding hydrogens is 358 g/mol. The standard InChI is InChI=1S/C20H15N5OS/c1-2-4-18-17(3-1)22-12-25(18)15-7-5-14(6-8-15)20-23-19(26-24-20)10-9-16-11-21-13-27-16/h1-8,11-13H,9-10H2. The van der Waals surface area contributed by atoms with Crippen LogP contribution >= 0.6 is 11.3 Å². The van der Waals surface area contributed by atoms with Gasteiger partial charge in [-0.25, -0.2) is 4.98 Å². The molecule has 6 nitrogen and oxygen atoms in total. The topological polar surface area (TPSA) is 69.6 Å². The van der Waals surface area contributed by atoms with Gasteiger partial charge in [0.1, 0.15) is 6.33 Å². The molecule has 0 amide bonds. The van der Waals surface area contributed by atoms with Crippen molar-refractivity contribution in [2.45, 2.75) is 12.8 Å². The van der Waals surface area contributed by atoms with Crippen molar-refractivity contribution in [1.29, 1.82) is 0 Å². The van der Waals surface area contributed by atoms with Crippen LogP contribution in [0.1, 0.15) is 10.8 Å². The second-order valence-electron chi connectivity index (χ2n) is 6.13. The Morgan fingerprint density at radius 1 is 1.00 bits per heavy atom. The van der Waals surface area contributed by atoms with E-state index in [-0.39, 0.29) is 0 Å². The van der Waals surface area contributed by atoms with E-state index in [1.165, 1.54) is 4.88 Å². The summed E-state index contributed by atoms with van der Waals surface area (Å²) in [7, 11) is 0. The average Bonchev–Trinajstić information content (AvgIpc) is 3.47. The summed E-state index contributed by atoms with van der Waals surface area (Å²) in [4.78, 5) is 14.2. The Balaban J connectivity index is 1.36. The number of hydrogen-bond donors (Lipinski definition) is 0. The number of para-hydroxylation sites is 2. The van der Waals surface area contributed by atoms with Gasteiger partial charge in [-0.05, 0) is 42.8 Å². The molecule has 0 radical (unpaired) electrons. The quantitative estimate of drug-likeness (QED) is 0.459. The van der Waals surface area contributed by atoms with Crippen molar-refractivity contribution in [2.75, 3.05) is 0 Å². The lowest BCUT2D eigenvalue weighted by Crippen LogP contribution is -1.92. The fraction of sp³-hybridized carbons (Fsp3) is 0.100. The van der Waals surface area contributed by atoms with Crippen LogP contribution in [0.25, 0.3) is 28.1 Å². The van der Waals surface area contributed by atoms with Gasteiger partial charge in [-0.2, -0.15) is 4.98 Å². The third-order valence-electron chi connectivity index (χ3n) is 4.39. The summed E-state index contributed by atoms with van der Waals surface area (Å²) in [5.74, 6) is 1.25. The summed E-state index contributed by atoms with van der Waals surface area (Å²) < 4.78 is 7.45. The Morgan fingerprint density at radius 2 is 1.89 bits per heavy atom. The highest BCUT2D eigenvalue weighted by Crippen LogP contribution is 2.22. The zero-order chi connectivity index (χ0) is 18.1. The normalized spacial score (nSPS) is 11.3. The van der Waals surface area contributed by atoms with E-state index in [0.29, 0.717) is 18.1 Å². The Bertz CT molecular complexity index is 1170. The number of aryl methyl sites for hydroxylation is 2. The second-order valence-corrected chi connectivity index (χ2v) is 7.10. The van der Waals surface area contributed by atoms with Gasteiger partial charge in [-0.15, -0.1) is 11.3 Å². The maximum atomic E-state index is 5.39. The number of benzene rings is 2. The van der Waals surface area contributed by atoms with Crippen LogP contribution in [0.2, 0.25) is 0 Å². The highest BCUT2D eigenvalue weighted by molar-refractivity contribution is 7.09. The van der Waals surface area contributed by atoms with Crippen molar-refractivity contribution in [1.82, 2.24) is 24.7 Å². The van der Waals surface area contributed by atoms with Crippen LogP contribution in [-0.4, -0.2) is 24.7 Å². The Labute approximate surface area is 159 Å². The molecule has 0 fully saturated rings. The molecule has 5 rings (SSSR count). The predicted octanol–water partition coefficient (Wildman–Crippen LogP) is 4.32. The van der Waals surface area contributed by atoms with Gasteiger partial charge in [-0.3, -0.25) is 9.55 Å². The molecule has 0 bridgehead atoms. The molecule has 27 heavy (non-hydrogen) atoms. The van der Waals surface area contributed by atoms with E-state index >= 15 is 0 Å². The number of rotatable bonds is 5. The molecule has 7 heteroatoms. The van der Waals surface area contributed by atoms with Gasteiger partial charge in [-0.1, -0.05) is 17.3 Å². The van der Waals surface area contributed by atoms with Crippen molar-refractivity contribution >= 4 is 22.4 Å². The van der Waals surface area contributed by atoms with E-state index in [9.17, 15) is 0 Å². The third kappa shape index (κ3) is 3.13. The highest BCUT2D eigenvalue weighted by Gasteiger charge is 2.10. The number of thiazole rings is 1. The van der Waals surface area contributed by atoms with Gasteiger partial charge in [0, 0.05) is 28.7 Å². The minimum Gasteiger partial charge on any atom is -0.339 e. The van der Waals surface area contributed by atoms with Crippen molar-refractivity contribution in [3.05, 3.63) is 77.3 Å². The lowest BCUT2D eigenvalue weighted by atomic mass is 10.2. The summed E-state index contributed by atoms with van der Waals surface area (Å²) in [6, 6.07) is 16.2. The molecule has 0 aliphatic heterocycles. The summed E-state index contributed by atoms with van der Waals surface area (Å²) in [5.41, 5.74) is 5.86. The van der Waals surface area contributed by atoms with E-state index in [4.69, 9.17) is 4.52 Å². The largest absolute Gasteiger partial charge is 0.339 e. The maximum absolute atomic E-state index is 5.39. The fourth-order valence-corrected chi connectivity index (χ4v) is 3.60. The van der Waals surface area contributed by atoms with Crippen LogP contribution in [0.15, 0.2) is 71.1 Å². The minimum absolute atomic E-state index is 0.608. The molecule has 0 aliphatic rings. The van der Waals surface area contributed by atoms with E-state index in [1.54, 1.807) is 11.3 Å². The molecular formula is C20H15N5OS. The van der Waals surface area contributed by atoms with Crippen LogP contribution in [-0.2, 0) is 12.8 Å². The van der Waals surface area contributed by atoms with Crippen molar-refractivity contribution < 1.29 is 4.52 Å². The molecule has 0 atom stereocenters. The van der Waals surface area contributed by atoms with Crippen LogP contribution < -0.4 is 0 Å². The fourth-order valence-electron chi connectivity index (χ4n) is 3.01. The van der Waals surface area contributed by atoms with Crippen LogP contribution in [0.3, 0.4) is 0 Å². The molecule has 0 aliphatic carbocycles. The Kier molecular flexibility index (Phi) is 3.99. The number of hydrogen-bond acceptors (Lipinski definition) is 6. The van der Waals surface area contributed by atoms with Crippen molar-refractivity contribution in [3.63, 3.8) is 0 Å². The number of imidazole rings is 1. The SMILES string of the molecule is c1ccc2c(c1)ncn2-c1ccc(-c2noc(CCc3cncs3)n2)cc1. The number of fused-ring (bicyclic) bond motifs is 1. The highest BCUT2D eigenvalue weighted by atomic mass is 32.1. The van der Waals surface area contributed by atoms with Crippen LogP contribution in [0.4, 0.5) is 0 Å².